The van der Waals surface area contributed by atoms with Gasteiger partial charge in [-0.05, 0) is 18.1 Å². The third kappa shape index (κ3) is 5.78. The Balaban J connectivity index is 2.16. The molecule has 0 atom stereocenters. The van der Waals surface area contributed by atoms with Gasteiger partial charge in [-0.2, -0.15) is 4.31 Å². The van der Waals surface area contributed by atoms with Crippen LogP contribution in [0.1, 0.15) is 18.1 Å². The quantitative estimate of drug-likeness (QED) is 0.663. The first-order valence-corrected chi connectivity index (χ1v) is 9.36. The zero-order valence-electron chi connectivity index (χ0n) is 13.4. The van der Waals surface area contributed by atoms with Crippen LogP contribution in [0.2, 0.25) is 0 Å². The van der Waals surface area contributed by atoms with Crippen LogP contribution in [0, 0.1) is 0 Å². The molecule has 0 heterocycles. The van der Waals surface area contributed by atoms with Crippen molar-refractivity contribution in [1.82, 2.24) is 4.31 Å². The Hall–Kier alpha value is -1.69. The van der Waals surface area contributed by atoms with Crippen molar-refractivity contribution in [2.24, 2.45) is 0 Å². The lowest BCUT2D eigenvalue weighted by atomic mass is 10.2. The van der Waals surface area contributed by atoms with E-state index in [1.165, 1.54) is 4.31 Å². The lowest BCUT2D eigenvalue weighted by Gasteiger charge is -2.22. The maximum atomic E-state index is 12.7. The van der Waals surface area contributed by atoms with Crippen LogP contribution in [0.25, 0.3) is 0 Å². The number of nitrogens with zero attached hydrogens (tertiary/aromatic N) is 1. The van der Waals surface area contributed by atoms with Gasteiger partial charge in [-0.25, -0.2) is 8.42 Å². The van der Waals surface area contributed by atoms with E-state index in [0.717, 1.165) is 11.1 Å². The van der Waals surface area contributed by atoms with Crippen molar-refractivity contribution in [3.8, 4) is 0 Å². The monoisotopic (exact) mass is 333 g/mol. The summed E-state index contributed by atoms with van der Waals surface area (Å²) in [5, 5.41) is 0. The SMILES string of the molecule is CCOCCS(=O)(=O)N(Cc1ccccc1)Cc1ccccc1. The summed E-state index contributed by atoms with van der Waals surface area (Å²) in [4.78, 5) is 0. The summed E-state index contributed by atoms with van der Waals surface area (Å²) in [6.45, 7) is 3.33. The van der Waals surface area contributed by atoms with Crippen LogP contribution < -0.4 is 0 Å². The molecule has 0 N–H and O–H groups in total. The van der Waals surface area contributed by atoms with Gasteiger partial charge in [0.15, 0.2) is 0 Å². The second kappa shape index (κ2) is 8.82. The molecule has 5 heteroatoms. The minimum atomic E-state index is -3.38. The van der Waals surface area contributed by atoms with E-state index < -0.39 is 10.0 Å². The average Bonchev–Trinajstić information content (AvgIpc) is 2.56. The first-order valence-electron chi connectivity index (χ1n) is 7.75. The van der Waals surface area contributed by atoms with Crippen LogP contribution >= 0.6 is 0 Å². The summed E-state index contributed by atoms with van der Waals surface area (Å²) in [5.41, 5.74) is 1.95. The maximum Gasteiger partial charge on any atom is 0.216 e. The van der Waals surface area contributed by atoms with Crippen LogP contribution in [-0.4, -0.2) is 31.7 Å². The third-order valence-electron chi connectivity index (χ3n) is 3.49. The number of sulfonamides is 1. The molecule has 2 rings (SSSR count). The fourth-order valence-corrected chi connectivity index (χ4v) is 3.54. The van der Waals surface area contributed by atoms with E-state index in [0.29, 0.717) is 19.7 Å². The molecule has 124 valence electrons. The summed E-state index contributed by atoms with van der Waals surface area (Å²) in [7, 11) is -3.38. The van der Waals surface area contributed by atoms with E-state index in [2.05, 4.69) is 0 Å². The van der Waals surface area contributed by atoms with Gasteiger partial charge < -0.3 is 4.74 Å². The largest absolute Gasteiger partial charge is 0.381 e. The van der Waals surface area contributed by atoms with Gasteiger partial charge in [-0.15, -0.1) is 0 Å². The number of benzene rings is 2. The van der Waals surface area contributed by atoms with Crippen LogP contribution in [0.4, 0.5) is 0 Å². The van der Waals surface area contributed by atoms with Crippen LogP contribution in [0.5, 0.6) is 0 Å². The van der Waals surface area contributed by atoms with E-state index in [4.69, 9.17) is 4.74 Å². The minimum Gasteiger partial charge on any atom is -0.381 e. The highest BCUT2D eigenvalue weighted by Crippen LogP contribution is 2.14. The van der Waals surface area contributed by atoms with Crippen molar-refractivity contribution in [3.05, 3.63) is 71.8 Å². The highest BCUT2D eigenvalue weighted by atomic mass is 32.2. The van der Waals surface area contributed by atoms with Gasteiger partial charge >= 0.3 is 0 Å². The van der Waals surface area contributed by atoms with Crippen molar-refractivity contribution >= 4 is 10.0 Å². The molecule has 0 saturated heterocycles. The molecule has 0 aromatic heterocycles. The summed E-state index contributed by atoms with van der Waals surface area (Å²) in [5.74, 6) is 0.000503. The number of hydrogen-bond acceptors (Lipinski definition) is 3. The Morgan fingerprint density at radius 2 is 1.35 bits per heavy atom. The average molecular weight is 333 g/mol. The van der Waals surface area contributed by atoms with Gasteiger partial charge in [-0.1, -0.05) is 60.7 Å². The highest BCUT2D eigenvalue weighted by molar-refractivity contribution is 7.89. The molecule has 0 saturated carbocycles. The Morgan fingerprint density at radius 1 is 0.870 bits per heavy atom. The zero-order valence-corrected chi connectivity index (χ0v) is 14.2. The van der Waals surface area contributed by atoms with Crippen molar-refractivity contribution in [3.63, 3.8) is 0 Å². The normalized spacial score (nSPS) is 11.7. The van der Waals surface area contributed by atoms with Gasteiger partial charge in [0.25, 0.3) is 0 Å². The molecule has 0 spiro atoms. The maximum absolute atomic E-state index is 12.7. The first-order chi connectivity index (χ1) is 11.1. The van der Waals surface area contributed by atoms with Gasteiger partial charge in [-0.3, -0.25) is 0 Å². The van der Waals surface area contributed by atoms with Gasteiger partial charge in [0.1, 0.15) is 0 Å². The molecule has 0 bridgehead atoms. The van der Waals surface area contributed by atoms with E-state index in [9.17, 15) is 8.42 Å². The number of rotatable bonds is 9. The predicted octanol–water partition coefficient (Wildman–Crippen LogP) is 3.06. The van der Waals surface area contributed by atoms with E-state index in [-0.39, 0.29) is 12.4 Å². The Bertz CT molecular complexity index is 630. The van der Waals surface area contributed by atoms with E-state index in [1.807, 2.05) is 67.6 Å². The fraction of sp³-hybridized carbons (Fsp3) is 0.333. The first kappa shape index (κ1) is 17.7. The topological polar surface area (TPSA) is 46.6 Å². The summed E-state index contributed by atoms with van der Waals surface area (Å²) in [6, 6.07) is 19.3. The summed E-state index contributed by atoms with van der Waals surface area (Å²) < 4.78 is 32.1. The molecule has 0 aliphatic heterocycles. The van der Waals surface area contributed by atoms with Gasteiger partial charge in [0.05, 0.1) is 12.4 Å². The zero-order chi connectivity index (χ0) is 16.5. The molecular weight excluding hydrogens is 310 g/mol. The lowest BCUT2D eigenvalue weighted by Crippen LogP contribution is -2.33. The highest BCUT2D eigenvalue weighted by Gasteiger charge is 2.22. The predicted molar refractivity (Wildman–Crippen MR) is 92.4 cm³/mol. The van der Waals surface area contributed by atoms with Crippen molar-refractivity contribution in [1.29, 1.82) is 0 Å². The molecule has 0 amide bonds. The molecule has 0 aliphatic rings. The standard InChI is InChI=1S/C18H23NO3S/c1-2-22-13-14-23(20,21)19(15-17-9-5-3-6-10-17)16-18-11-7-4-8-12-18/h3-12H,2,13-16H2,1H3. The molecule has 2 aromatic rings. The van der Waals surface area contributed by atoms with E-state index in [1.54, 1.807) is 0 Å². The van der Waals surface area contributed by atoms with Crippen molar-refractivity contribution in [2.75, 3.05) is 19.0 Å². The number of ether oxygens (including phenoxy) is 1. The second-order valence-corrected chi connectivity index (χ2v) is 7.34. The molecule has 0 unspecified atom stereocenters. The molecule has 0 aliphatic carbocycles. The van der Waals surface area contributed by atoms with Crippen LogP contribution in [-0.2, 0) is 27.8 Å². The Kier molecular flexibility index (Phi) is 6.77. The van der Waals surface area contributed by atoms with Crippen LogP contribution in [0.15, 0.2) is 60.7 Å². The van der Waals surface area contributed by atoms with E-state index >= 15 is 0 Å². The molecule has 2 aromatic carbocycles. The Labute approximate surface area is 138 Å². The molecular formula is C18H23NO3S. The molecule has 4 nitrogen and oxygen atoms in total. The summed E-state index contributed by atoms with van der Waals surface area (Å²) >= 11 is 0. The Morgan fingerprint density at radius 3 is 1.78 bits per heavy atom. The van der Waals surface area contributed by atoms with Crippen LogP contribution in [0.3, 0.4) is 0 Å². The summed E-state index contributed by atoms with van der Waals surface area (Å²) in [6.07, 6.45) is 0. The number of hydrogen-bond donors (Lipinski definition) is 0. The second-order valence-electron chi connectivity index (χ2n) is 5.25. The lowest BCUT2D eigenvalue weighted by molar-refractivity contribution is 0.162. The minimum absolute atomic E-state index is 0.000503. The van der Waals surface area contributed by atoms with Crippen molar-refractivity contribution in [2.45, 2.75) is 20.0 Å². The van der Waals surface area contributed by atoms with Gasteiger partial charge in [0.2, 0.25) is 10.0 Å². The molecule has 0 fully saturated rings. The third-order valence-corrected chi connectivity index (χ3v) is 5.21. The van der Waals surface area contributed by atoms with Crippen molar-refractivity contribution < 1.29 is 13.2 Å². The smallest absolute Gasteiger partial charge is 0.216 e. The fourth-order valence-electron chi connectivity index (χ4n) is 2.26. The molecule has 23 heavy (non-hydrogen) atoms. The molecule has 0 radical (unpaired) electrons. The van der Waals surface area contributed by atoms with Gasteiger partial charge in [0, 0.05) is 19.7 Å².